The van der Waals surface area contributed by atoms with E-state index in [0.717, 1.165) is 28.7 Å². The van der Waals surface area contributed by atoms with Gasteiger partial charge < -0.3 is 30.0 Å². The van der Waals surface area contributed by atoms with E-state index in [1.807, 2.05) is 32.9 Å². The fraction of sp³-hybridized carbons (Fsp3) is 0.464. The quantitative estimate of drug-likeness (QED) is 0.0888. The maximum Gasteiger partial charge on any atom is 0.344 e. The number of para-hydroxylation sites is 1. The van der Waals surface area contributed by atoms with E-state index in [-0.39, 0.29) is 5.56 Å². The SMILES string of the molecule is CC(C)=CCC/C(C)=C/CC(C/C=C(/C)CC/C=C(\C)CNc1ccccc1C(=O)O)(P(=O)(O)O)P(=O)(O)O. The Hall–Kier alpha value is -2.25. The second-order valence-electron chi connectivity index (χ2n) is 10.2. The number of benzene rings is 1. The van der Waals surface area contributed by atoms with Gasteiger partial charge in [-0.25, -0.2) is 4.79 Å². The fourth-order valence-corrected chi connectivity index (χ4v) is 6.55. The van der Waals surface area contributed by atoms with Crippen molar-refractivity contribution in [3.63, 3.8) is 0 Å². The first-order chi connectivity index (χ1) is 18.0. The van der Waals surface area contributed by atoms with Crippen LogP contribution >= 0.6 is 15.2 Å². The van der Waals surface area contributed by atoms with Crippen LogP contribution in [0.2, 0.25) is 0 Å². The lowest BCUT2D eigenvalue weighted by Gasteiger charge is -2.33. The highest BCUT2D eigenvalue weighted by Gasteiger charge is 2.58. The Morgan fingerprint density at radius 2 is 1.28 bits per heavy atom. The van der Waals surface area contributed by atoms with Crippen molar-refractivity contribution in [2.45, 2.75) is 78.0 Å². The maximum atomic E-state index is 12.5. The number of anilines is 1. The Kier molecular flexibility index (Phi) is 13.8. The molecule has 0 aliphatic rings. The normalized spacial score (nSPS) is 13.8. The van der Waals surface area contributed by atoms with E-state index in [9.17, 15) is 38.6 Å². The molecule has 0 unspecified atom stereocenters. The molecule has 0 saturated carbocycles. The molecule has 1 aromatic carbocycles. The van der Waals surface area contributed by atoms with Gasteiger partial charge in [0.2, 0.25) is 0 Å². The molecule has 1 aromatic rings. The summed E-state index contributed by atoms with van der Waals surface area (Å²) in [5.74, 6) is -1.02. The Labute approximate surface area is 231 Å². The van der Waals surface area contributed by atoms with Gasteiger partial charge in [0.1, 0.15) is 0 Å². The van der Waals surface area contributed by atoms with Crippen LogP contribution in [0.15, 0.2) is 70.9 Å². The van der Waals surface area contributed by atoms with Crippen LogP contribution in [0, 0.1) is 0 Å². The van der Waals surface area contributed by atoms with Gasteiger partial charge in [-0.2, -0.15) is 0 Å². The standard InChI is InChI=1S/C28H43NO8P2/c1-21(2)10-8-11-22(3)16-18-28(38(32,33)34,39(35,36)37)19-17-23(4)12-9-13-24(5)20-29-26-15-7-6-14-25(26)27(30)31/h6-7,10,13-17,29H,8-9,11-12,18-20H2,1-5H3,(H,30,31)(H2,32,33,34)(H2,35,36,37)/b22-16+,23-17-,24-13+. The van der Waals surface area contributed by atoms with Gasteiger partial charge in [0, 0.05) is 12.2 Å². The minimum atomic E-state index is -5.20. The highest BCUT2D eigenvalue weighted by molar-refractivity contribution is 7.72. The second kappa shape index (κ2) is 15.5. The minimum absolute atomic E-state index is 0.181. The zero-order chi connectivity index (χ0) is 29.9. The minimum Gasteiger partial charge on any atom is -0.478 e. The highest BCUT2D eigenvalue weighted by Crippen LogP contribution is 2.72. The Balaban J connectivity index is 2.93. The predicted molar refractivity (Wildman–Crippen MR) is 157 cm³/mol. The van der Waals surface area contributed by atoms with E-state index < -0.39 is 38.9 Å². The van der Waals surface area contributed by atoms with E-state index in [1.54, 1.807) is 32.0 Å². The van der Waals surface area contributed by atoms with Crippen LogP contribution in [0.25, 0.3) is 0 Å². The molecule has 0 spiro atoms. The lowest BCUT2D eigenvalue weighted by Crippen LogP contribution is -2.28. The van der Waals surface area contributed by atoms with Crippen LogP contribution in [0.1, 0.15) is 83.5 Å². The first kappa shape index (κ1) is 34.8. The molecule has 9 nitrogen and oxygen atoms in total. The summed E-state index contributed by atoms with van der Waals surface area (Å²) in [5.41, 5.74) is 4.37. The van der Waals surface area contributed by atoms with Gasteiger partial charge in [-0.3, -0.25) is 9.13 Å². The van der Waals surface area contributed by atoms with Crippen LogP contribution in [-0.4, -0.2) is 42.1 Å². The molecule has 0 aromatic heterocycles. The predicted octanol–water partition coefficient (Wildman–Crippen LogP) is 6.99. The molecule has 0 aliphatic heterocycles. The summed E-state index contributed by atoms with van der Waals surface area (Å²) in [7, 11) is -10.4. The Bertz CT molecular complexity index is 1180. The van der Waals surface area contributed by atoms with Crippen LogP contribution in [0.4, 0.5) is 5.69 Å². The largest absolute Gasteiger partial charge is 0.478 e. The monoisotopic (exact) mass is 583 g/mol. The molecule has 218 valence electrons. The van der Waals surface area contributed by atoms with Crippen LogP contribution in [-0.2, 0) is 9.13 Å². The first-order valence-corrected chi connectivity index (χ1v) is 16.0. The molecule has 0 saturated heterocycles. The molecule has 0 atom stereocenters. The number of rotatable bonds is 16. The van der Waals surface area contributed by atoms with Gasteiger partial charge >= 0.3 is 21.2 Å². The fourth-order valence-electron chi connectivity index (χ4n) is 3.87. The summed E-state index contributed by atoms with van der Waals surface area (Å²) < 4.78 is 24.9. The summed E-state index contributed by atoms with van der Waals surface area (Å²) in [4.78, 5) is 49.2. The van der Waals surface area contributed by atoms with Crippen molar-refractivity contribution in [1.29, 1.82) is 0 Å². The first-order valence-electron chi connectivity index (χ1n) is 12.8. The lowest BCUT2D eigenvalue weighted by molar-refractivity contribution is 0.0697. The van der Waals surface area contributed by atoms with E-state index in [4.69, 9.17) is 0 Å². The van der Waals surface area contributed by atoms with Gasteiger partial charge in [0.05, 0.1) is 5.56 Å². The van der Waals surface area contributed by atoms with Crippen molar-refractivity contribution in [2.24, 2.45) is 0 Å². The topological polar surface area (TPSA) is 164 Å². The molecule has 6 N–H and O–H groups in total. The Morgan fingerprint density at radius 3 is 1.74 bits per heavy atom. The highest BCUT2D eigenvalue weighted by atomic mass is 31.2. The van der Waals surface area contributed by atoms with Gasteiger partial charge in [0.25, 0.3) is 0 Å². The molecule has 0 bridgehead atoms. The van der Waals surface area contributed by atoms with Gasteiger partial charge in [-0.1, -0.05) is 58.7 Å². The van der Waals surface area contributed by atoms with Gasteiger partial charge in [-0.05, 0) is 85.3 Å². The summed E-state index contributed by atoms with van der Waals surface area (Å²) in [6.45, 7) is 9.81. The van der Waals surface area contributed by atoms with Crippen molar-refractivity contribution in [3.8, 4) is 0 Å². The third kappa shape index (κ3) is 11.4. The van der Waals surface area contributed by atoms with Crippen LogP contribution in [0.3, 0.4) is 0 Å². The van der Waals surface area contributed by atoms with Crippen molar-refractivity contribution in [2.75, 3.05) is 11.9 Å². The van der Waals surface area contributed by atoms with Crippen molar-refractivity contribution >= 4 is 26.8 Å². The number of aromatic carboxylic acids is 1. The summed E-state index contributed by atoms with van der Waals surface area (Å²) in [6.07, 6.45) is 8.62. The molecular formula is C28H43NO8P2. The average Bonchev–Trinajstić information content (AvgIpc) is 2.81. The molecule has 0 amide bonds. The number of carboxylic acid groups (broad SMARTS) is 1. The number of hydrogen-bond acceptors (Lipinski definition) is 4. The maximum absolute atomic E-state index is 12.5. The third-order valence-corrected chi connectivity index (χ3v) is 10.9. The number of carbonyl (C=O) groups is 1. The van der Waals surface area contributed by atoms with E-state index in [0.29, 0.717) is 31.5 Å². The summed E-state index contributed by atoms with van der Waals surface area (Å²) in [6, 6.07) is 6.62. The average molecular weight is 584 g/mol. The lowest BCUT2D eigenvalue weighted by atomic mass is 10.0. The van der Waals surface area contributed by atoms with Crippen LogP contribution in [0.5, 0.6) is 0 Å². The van der Waals surface area contributed by atoms with E-state index in [1.165, 1.54) is 18.2 Å². The smallest absolute Gasteiger partial charge is 0.344 e. The Morgan fingerprint density at radius 1 is 0.795 bits per heavy atom. The molecule has 0 heterocycles. The molecule has 0 fully saturated rings. The van der Waals surface area contributed by atoms with Gasteiger partial charge in [0.15, 0.2) is 4.90 Å². The zero-order valence-corrected chi connectivity index (χ0v) is 25.2. The summed E-state index contributed by atoms with van der Waals surface area (Å²) in [5, 5.41) is 12.4. The van der Waals surface area contributed by atoms with E-state index in [2.05, 4.69) is 5.32 Å². The number of hydrogen-bond donors (Lipinski definition) is 6. The molecule has 39 heavy (non-hydrogen) atoms. The number of nitrogens with one attached hydrogen (secondary N) is 1. The molecule has 0 aliphatic carbocycles. The van der Waals surface area contributed by atoms with Crippen molar-refractivity contribution in [1.82, 2.24) is 0 Å². The van der Waals surface area contributed by atoms with Crippen LogP contribution < -0.4 is 5.32 Å². The second-order valence-corrected chi connectivity index (χ2v) is 14.4. The van der Waals surface area contributed by atoms with Gasteiger partial charge in [-0.15, -0.1) is 0 Å². The third-order valence-electron chi connectivity index (χ3n) is 6.48. The van der Waals surface area contributed by atoms with E-state index >= 15 is 0 Å². The molecular weight excluding hydrogens is 540 g/mol. The number of allylic oxidation sites excluding steroid dienone is 7. The van der Waals surface area contributed by atoms with Crippen molar-refractivity contribution in [3.05, 3.63) is 76.4 Å². The molecule has 11 heteroatoms. The molecule has 0 radical (unpaired) electrons. The van der Waals surface area contributed by atoms with Crippen molar-refractivity contribution < 1.29 is 38.6 Å². The summed E-state index contributed by atoms with van der Waals surface area (Å²) >= 11 is 0. The number of carboxylic acids is 1. The zero-order valence-electron chi connectivity index (χ0n) is 23.4. The molecule has 1 rings (SSSR count).